The first-order valence-corrected chi connectivity index (χ1v) is 11.4. The number of ether oxygens (including phenoxy) is 1. The van der Waals surface area contributed by atoms with Crippen molar-refractivity contribution in [3.05, 3.63) is 70.7 Å². The van der Waals surface area contributed by atoms with Crippen LogP contribution >= 0.6 is 11.3 Å². The number of thiazole rings is 1. The van der Waals surface area contributed by atoms with Crippen LogP contribution in [0.4, 0.5) is 9.93 Å². The molecule has 3 N–H and O–H groups in total. The van der Waals surface area contributed by atoms with Crippen molar-refractivity contribution >= 4 is 34.4 Å². The Bertz CT molecular complexity index is 1150. The number of nitrogens with zero attached hydrogens (tertiary/aromatic N) is 1. The summed E-state index contributed by atoms with van der Waals surface area (Å²) < 4.78 is 5.50. The van der Waals surface area contributed by atoms with Gasteiger partial charge in [0.2, 0.25) is 5.91 Å². The second kappa shape index (κ2) is 9.83. The Hall–Kier alpha value is -3.72. The van der Waals surface area contributed by atoms with Gasteiger partial charge in [-0.1, -0.05) is 55.5 Å². The van der Waals surface area contributed by atoms with Gasteiger partial charge in [0, 0.05) is 17.8 Å². The maximum atomic E-state index is 12.4. The molecule has 1 aromatic heterocycles. The summed E-state index contributed by atoms with van der Waals surface area (Å²) in [6.07, 6.45) is -0.618. The van der Waals surface area contributed by atoms with E-state index in [4.69, 9.17) is 9.84 Å². The number of hydrogen-bond acceptors (Lipinski definition) is 6. The van der Waals surface area contributed by atoms with Crippen LogP contribution < -0.4 is 10.6 Å². The molecule has 4 rings (SSSR count). The first-order chi connectivity index (χ1) is 15.9. The molecule has 0 bridgehead atoms. The minimum absolute atomic E-state index is 0.00475. The molecule has 0 fully saturated rings. The van der Waals surface area contributed by atoms with Crippen LogP contribution in [0.25, 0.3) is 11.1 Å². The standard InChI is InChI=1S/C24H23N3O5S/c1-14(22(29)30)11-25-21(28)10-15-13-33-23(26-15)27-24(31)32-12-20-18-8-4-2-6-16(18)17-7-3-5-9-19(17)20/h2-9,13-14,20H,10-12H2,1H3,(H,25,28)(H,29,30)(H,26,27,31). The number of nitrogens with one attached hydrogen (secondary N) is 2. The van der Waals surface area contributed by atoms with E-state index in [9.17, 15) is 14.4 Å². The second-order valence-corrected chi connectivity index (χ2v) is 8.67. The number of carboxylic acid groups (broad SMARTS) is 1. The molecule has 9 heteroatoms. The number of carbonyl (C=O) groups excluding carboxylic acids is 2. The van der Waals surface area contributed by atoms with E-state index in [-0.39, 0.29) is 31.4 Å². The highest BCUT2D eigenvalue weighted by Crippen LogP contribution is 2.44. The van der Waals surface area contributed by atoms with Crippen LogP contribution in [-0.2, 0) is 20.7 Å². The zero-order valence-electron chi connectivity index (χ0n) is 17.9. The van der Waals surface area contributed by atoms with Crippen molar-refractivity contribution in [3.8, 4) is 11.1 Å². The Balaban J connectivity index is 1.30. The number of fused-ring (bicyclic) bond motifs is 3. The molecular formula is C24H23N3O5S. The Kier molecular flexibility index (Phi) is 6.69. The number of hydrogen-bond donors (Lipinski definition) is 3. The third kappa shape index (κ3) is 5.20. The minimum atomic E-state index is -0.974. The van der Waals surface area contributed by atoms with Gasteiger partial charge < -0.3 is 15.2 Å². The molecule has 0 saturated heterocycles. The van der Waals surface area contributed by atoms with Crippen LogP contribution in [0.5, 0.6) is 0 Å². The van der Waals surface area contributed by atoms with E-state index < -0.39 is 18.0 Å². The number of aliphatic carboxylic acids is 1. The average Bonchev–Trinajstić information content (AvgIpc) is 3.37. The number of benzene rings is 2. The Labute approximate surface area is 194 Å². The lowest BCUT2D eigenvalue weighted by Gasteiger charge is -2.14. The first-order valence-electron chi connectivity index (χ1n) is 10.5. The number of carbonyl (C=O) groups is 3. The van der Waals surface area contributed by atoms with Crippen LogP contribution in [0.3, 0.4) is 0 Å². The van der Waals surface area contributed by atoms with Crippen molar-refractivity contribution in [2.45, 2.75) is 19.3 Å². The molecule has 1 aliphatic carbocycles. The summed E-state index contributed by atoms with van der Waals surface area (Å²) >= 11 is 1.19. The molecule has 0 spiro atoms. The topological polar surface area (TPSA) is 118 Å². The summed E-state index contributed by atoms with van der Waals surface area (Å²) in [7, 11) is 0. The number of aromatic nitrogens is 1. The molecule has 1 atom stereocenters. The van der Waals surface area contributed by atoms with Crippen molar-refractivity contribution in [1.29, 1.82) is 0 Å². The predicted molar refractivity (Wildman–Crippen MR) is 124 cm³/mol. The van der Waals surface area contributed by atoms with Crippen molar-refractivity contribution in [2.24, 2.45) is 5.92 Å². The van der Waals surface area contributed by atoms with Gasteiger partial charge in [-0.3, -0.25) is 14.9 Å². The van der Waals surface area contributed by atoms with E-state index in [2.05, 4.69) is 39.9 Å². The van der Waals surface area contributed by atoms with Crippen LogP contribution in [0.2, 0.25) is 0 Å². The number of anilines is 1. The molecular weight excluding hydrogens is 442 g/mol. The smallest absolute Gasteiger partial charge is 0.413 e. The van der Waals surface area contributed by atoms with Gasteiger partial charge in [-0.05, 0) is 22.3 Å². The monoisotopic (exact) mass is 465 g/mol. The zero-order chi connectivity index (χ0) is 23.4. The summed E-state index contributed by atoms with van der Waals surface area (Å²) in [5, 5.41) is 16.0. The van der Waals surface area contributed by atoms with Crippen molar-refractivity contribution < 1.29 is 24.2 Å². The quantitative estimate of drug-likeness (QED) is 0.465. The Morgan fingerprint density at radius 1 is 1.09 bits per heavy atom. The van der Waals surface area contributed by atoms with Gasteiger partial charge in [-0.2, -0.15) is 0 Å². The van der Waals surface area contributed by atoms with Crippen LogP contribution in [-0.4, -0.2) is 41.2 Å². The minimum Gasteiger partial charge on any atom is -0.481 e. The lowest BCUT2D eigenvalue weighted by Crippen LogP contribution is -2.32. The van der Waals surface area contributed by atoms with Crippen LogP contribution in [0, 0.1) is 5.92 Å². The first kappa shape index (κ1) is 22.5. The predicted octanol–water partition coefficient (Wildman–Crippen LogP) is 3.88. The molecule has 1 aliphatic rings. The molecule has 33 heavy (non-hydrogen) atoms. The molecule has 3 aromatic rings. The van der Waals surface area contributed by atoms with E-state index in [0.717, 1.165) is 22.3 Å². The van der Waals surface area contributed by atoms with Crippen molar-refractivity contribution in [1.82, 2.24) is 10.3 Å². The van der Waals surface area contributed by atoms with Gasteiger partial charge >= 0.3 is 12.1 Å². The van der Waals surface area contributed by atoms with E-state index in [0.29, 0.717) is 10.8 Å². The van der Waals surface area contributed by atoms with Gasteiger partial charge in [0.1, 0.15) is 6.61 Å². The molecule has 8 nitrogen and oxygen atoms in total. The van der Waals surface area contributed by atoms with Crippen molar-refractivity contribution in [3.63, 3.8) is 0 Å². The third-order valence-electron chi connectivity index (χ3n) is 5.47. The number of rotatable bonds is 8. The normalized spacial score (nSPS) is 13.0. The van der Waals surface area contributed by atoms with Gasteiger partial charge in [0.05, 0.1) is 18.0 Å². The SMILES string of the molecule is CC(CNC(=O)Cc1csc(NC(=O)OCC2c3ccccc3-c3ccccc32)n1)C(=O)O. The molecule has 0 saturated carbocycles. The van der Waals surface area contributed by atoms with Crippen LogP contribution in [0.1, 0.15) is 29.7 Å². The van der Waals surface area contributed by atoms with E-state index >= 15 is 0 Å². The van der Waals surface area contributed by atoms with E-state index in [1.165, 1.54) is 18.3 Å². The molecule has 2 amide bonds. The Morgan fingerprint density at radius 2 is 1.73 bits per heavy atom. The summed E-state index contributed by atoms with van der Waals surface area (Å²) in [5.41, 5.74) is 5.05. The lowest BCUT2D eigenvalue weighted by atomic mass is 9.98. The molecule has 0 aliphatic heterocycles. The van der Waals surface area contributed by atoms with E-state index in [1.807, 2.05) is 24.3 Å². The van der Waals surface area contributed by atoms with E-state index in [1.54, 1.807) is 5.38 Å². The van der Waals surface area contributed by atoms with Crippen molar-refractivity contribution in [2.75, 3.05) is 18.5 Å². The summed E-state index contributed by atoms with van der Waals surface area (Å²) in [6.45, 7) is 1.76. The second-order valence-electron chi connectivity index (χ2n) is 7.81. The highest BCUT2D eigenvalue weighted by molar-refractivity contribution is 7.13. The fourth-order valence-corrected chi connectivity index (χ4v) is 4.44. The number of carboxylic acids is 1. The third-order valence-corrected chi connectivity index (χ3v) is 6.28. The van der Waals surface area contributed by atoms with Gasteiger partial charge in [-0.15, -0.1) is 11.3 Å². The average molecular weight is 466 g/mol. The zero-order valence-corrected chi connectivity index (χ0v) is 18.7. The highest BCUT2D eigenvalue weighted by Gasteiger charge is 2.29. The van der Waals surface area contributed by atoms with Gasteiger partial charge in [0.25, 0.3) is 0 Å². The van der Waals surface area contributed by atoms with Crippen LogP contribution in [0.15, 0.2) is 53.9 Å². The van der Waals surface area contributed by atoms with Gasteiger partial charge in [0.15, 0.2) is 5.13 Å². The molecule has 1 heterocycles. The maximum absolute atomic E-state index is 12.4. The molecule has 2 aromatic carbocycles. The summed E-state index contributed by atoms with van der Waals surface area (Å²) in [6, 6.07) is 16.2. The maximum Gasteiger partial charge on any atom is 0.413 e. The number of amides is 2. The Morgan fingerprint density at radius 3 is 2.36 bits per heavy atom. The summed E-state index contributed by atoms with van der Waals surface area (Å²) in [5.74, 6) is -2.01. The lowest BCUT2D eigenvalue weighted by molar-refractivity contribution is -0.141. The molecule has 0 radical (unpaired) electrons. The summed E-state index contributed by atoms with van der Waals surface area (Å²) in [4.78, 5) is 39.4. The molecule has 170 valence electrons. The fraction of sp³-hybridized carbons (Fsp3) is 0.250. The highest BCUT2D eigenvalue weighted by atomic mass is 32.1. The fourth-order valence-electron chi connectivity index (χ4n) is 3.75. The molecule has 1 unspecified atom stereocenters. The largest absolute Gasteiger partial charge is 0.481 e. The van der Waals surface area contributed by atoms with Gasteiger partial charge in [-0.25, -0.2) is 9.78 Å².